The van der Waals surface area contributed by atoms with Gasteiger partial charge in [-0.25, -0.2) is 9.78 Å². The maximum atomic E-state index is 11.7. The van der Waals surface area contributed by atoms with Gasteiger partial charge in [0.2, 0.25) is 5.95 Å². The molecule has 3 N–H and O–H groups in total. The van der Waals surface area contributed by atoms with Gasteiger partial charge in [-0.05, 0) is 13.0 Å². The number of rotatable bonds is 5. The molecule has 0 aliphatic heterocycles. The van der Waals surface area contributed by atoms with Crippen LogP contribution in [0.15, 0.2) is 35.5 Å². The highest BCUT2D eigenvalue weighted by Gasteiger charge is 2.09. The zero-order chi connectivity index (χ0) is 16.2. The van der Waals surface area contributed by atoms with Crippen LogP contribution in [0.2, 0.25) is 0 Å². The second-order valence-electron chi connectivity index (χ2n) is 5.10. The number of fused-ring (bicyclic) bond motifs is 1. The lowest BCUT2D eigenvalue weighted by Gasteiger charge is -2.05. The molecule has 0 bridgehead atoms. The summed E-state index contributed by atoms with van der Waals surface area (Å²) in [6.45, 7) is 2.62. The molecule has 0 fully saturated rings. The van der Waals surface area contributed by atoms with Crippen molar-refractivity contribution in [2.24, 2.45) is 7.05 Å². The van der Waals surface area contributed by atoms with Crippen molar-refractivity contribution in [3.63, 3.8) is 0 Å². The normalized spacial score (nSPS) is 10.9. The molecular weight excluding hydrogens is 312 g/mol. The summed E-state index contributed by atoms with van der Waals surface area (Å²) in [5, 5.41) is 10.6. The van der Waals surface area contributed by atoms with E-state index >= 15 is 0 Å². The van der Waals surface area contributed by atoms with Crippen LogP contribution in [0.5, 0.6) is 0 Å². The molecule has 0 aliphatic carbocycles. The fourth-order valence-corrected chi connectivity index (χ4v) is 3.31. The largest absolute Gasteiger partial charge is 0.358 e. The molecule has 0 radical (unpaired) electrons. The summed E-state index contributed by atoms with van der Waals surface area (Å²) in [5.41, 5.74) is 2.29. The number of amides is 2. The molecule has 0 aliphatic rings. The van der Waals surface area contributed by atoms with Crippen LogP contribution in [0.3, 0.4) is 0 Å². The lowest BCUT2D eigenvalue weighted by molar-refractivity contribution is 0.252. The van der Waals surface area contributed by atoms with E-state index in [0.29, 0.717) is 12.5 Å². The van der Waals surface area contributed by atoms with E-state index in [4.69, 9.17) is 0 Å². The van der Waals surface area contributed by atoms with Gasteiger partial charge in [0, 0.05) is 40.8 Å². The number of benzene rings is 1. The molecule has 0 spiro atoms. The van der Waals surface area contributed by atoms with E-state index in [1.807, 2.05) is 12.1 Å². The zero-order valence-electron chi connectivity index (χ0n) is 13.0. The van der Waals surface area contributed by atoms with Crippen LogP contribution >= 0.6 is 11.8 Å². The quantitative estimate of drug-likeness (QED) is 0.495. The Hall–Kier alpha value is -2.48. The minimum Gasteiger partial charge on any atom is -0.358 e. The highest BCUT2D eigenvalue weighted by Crippen LogP contribution is 2.30. The molecule has 120 valence electrons. The van der Waals surface area contributed by atoms with Crippen molar-refractivity contribution in [2.45, 2.75) is 11.8 Å². The predicted octanol–water partition coefficient (Wildman–Crippen LogP) is 2.52. The van der Waals surface area contributed by atoms with E-state index in [0.717, 1.165) is 17.0 Å². The van der Waals surface area contributed by atoms with Gasteiger partial charge in [-0.3, -0.25) is 10.00 Å². The van der Waals surface area contributed by atoms with Gasteiger partial charge in [-0.15, -0.1) is 16.9 Å². The number of thioether (sulfide) groups is 1. The smallest absolute Gasteiger partial charge is 0.321 e. The van der Waals surface area contributed by atoms with E-state index in [9.17, 15) is 4.79 Å². The molecule has 0 saturated carbocycles. The number of hydrogen-bond acceptors (Lipinski definition) is 4. The van der Waals surface area contributed by atoms with Crippen molar-refractivity contribution in [2.75, 3.05) is 17.6 Å². The zero-order valence-corrected chi connectivity index (χ0v) is 13.8. The van der Waals surface area contributed by atoms with Gasteiger partial charge in [0.05, 0.1) is 0 Å². The standard InChI is InChI=1S/C15H18N6OS/c1-10-13(11-5-3-4-6-12(11)18-10)23-8-7-16-15(22)19-14-17-9-21(2)20-14/h3-6,9,18H,7-8H2,1-2H3,(H2,16,19,20,22). The van der Waals surface area contributed by atoms with Gasteiger partial charge in [-0.2, -0.15) is 0 Å². The molecule has 0 unspecified atom stereocenters. The summed E-state index contributed by atoms with van der Waals surface area (Å²) >= 11 is 1.73. The Morgan fingerprint density at radius 3 is 3.00 bits per heavy atom. The van der Waals surface area contributed by atoms with Gasteiger partial charge in [0.15, 0.2) is 0 Å². The van der Waals surface area contributed by atoms with Crippen LogP contribution in [-0.4, -0.2) is 38.1 Å². The maximum Gasteiger partial charge on any atom is 0.321 e. The first-order valence-corrected chi connectivity index (χ1v) is 8.22. The Bertz CT molecular complexity index is 824. The third-order valence-electron chi connectivity index (χ3n) is 3.29. The highest BCUT2D eigenvalue weighted by molar-refractivity contribution is 7.99. The van der Waals surface area contributed by atoms with Crippen LogP contribution in [0.25, 0.3) is 10.9 Å². The number of nitrogens with zero attached hydrogens (tertiary/aromatic N) is 3. The number of carbonyl (C=O) groups is 1. The second kappa shape index (κ2) is 6.74. The SMILES string of the molecule is Cc1[nH]c2ccccc2c1SCCNC(=O)Nc1ncn(C)n1. The molecule has 2 aromatic heterocycles. The molecule has 0 atom stereocenters. The van der Waals surface area contributed by atoms with E-state index in [1.165, 1.54) is 21.3 Å². The molecule has 2 amide bonds. The summed E-state index contributed by atoms with van der Waals surface area (Å²) < 4.78 is 1.53. The highest BCUT2D eigenvalue weighted by atomic mass is 32.2. The van der Waals surface area contributed by atoms with Crippen molar-refractivity contribution in [3.05, 3.63) is 36.3 Å². The van der Waals surface area contributed by atoms with Crippen LogP contribution < -0.4 is 10.6 Å². The topological polar surface area (TPSA) is 87.6 Å². The molecule has 23 heavy (non-hydrogen) atoms. The first-order chi connectivity index (χ1) is 11.1. The van der Waals surface area contributed by atoms with Crippen molar-refractivity contribution >= 4 is 34.6 Å². The van der Waals surface area contributed by atoms with Crippen LogP contribution in [0, 0.1) is 6.92 Å². The summed E-state index contributed by atoms with van der Waals surface area (Å²) in [7, 11) is 1.75. The number of hydrogen-bond donors (Lipinski definition) is 3. The van der Waals surface area contributed by atoms with Crippen molar-refractivity contribution < 1.29 is 4.79 Å². The number of carbonyl (C=O) groups excluding carboxylic acids is 1. The summed E-state index contributed by atoms with van der Waals surface area (Å²) in [5.74, 6) is 1.08. The molecule has 2 heterocycles. The van der Waals surface area contributed by atoms with Gasteiger partial charge < -0.3 is 10.3 Å². The Kier molecular flexibility index (Phi) is 4.52. The van der Waals surface area contributed by atoms with Crippen molar-refractivity contribution in [1.82, 2.24) is 25.1 Å². The summed E-state index contributed by atoms with van der Waals surface area (Å²) in [4.78, 5) is 20.3. The summed E-state index contributed by atoms with van der Waals surface area (Å²) in [6, 6.07) is 7.93. The Morgan fingerprint density at radius 1 is 1.39 bits per heavy atom. The fourth-order valence-electron chi connectivity index (χ4n) is 2.30. The van der Waals surface area contributed by atoms with Crippen LogP contribution in [0.1, 0.15) is 5.69 Å². The average molecular weight is 330 g/mol. The lowest BCUT2D eigenvalue weighted by Crippen LogP contribution is -2.31. The van der Waals surface area contributed by atoms with Gasteiger partial charge in [0.1, 0.15) is 6.33 Å². The number of anilines is 1. The lowest BCUT2D eigenvalue weighted by atomic mass is 10.2. The fraction of sp³-hybridized carbons (Fsp3) is 0.267. The number of H-pyrrole nitrogens is 1. The molecule has 8 heteroatoms. The van der Waals surface area contributed by atoms with Crippen LogP contribution in [0.4, 0.5) is 10.7 Å². The molecule has 3 aromatic rings. The van der Waals surface area contributed by atoms with E-state index in [-0.39, 0.29) is 6.03 Å². The minimum absolute atomic E-state index is 0.296. The van der Waals surface area contributed by atoms with Crippen molar-refractivity contribution in [1.29, 1.82) is 0 Å². The number of nitrogens with one attached hydrogen (secondary N) is 3. The van der Waals surface area contributed by atoms with Gasteiger partial charge in [0.25, 0.3) is 0 Å². The number of para-hydroxylation sites is 1. The first-order valence-electron chi connectivity index (χ1n) is 7.24. The first kappa shape index (κ1) is 15.4. The number of aromatic nitrogens is 4. The molecule has 1 aromatic carbocycles. The minimum atomic E-state index is -0.299. The van der Waals surface area contributed by atoms with Gasteiger partial charge >= 0.3 is 6.03 Å². The third kappa shape index (κ3) is 3.65. The van der Waals surface area contributed by atoms with Crippen LogP contribution in [-0.2, 0) is 7.05 Å². The number of urea groups is 1. The Balaban J connectivity index is 1.49. The maximum absolute atomic E-state index is 11.7. The molecule has 3 rings (SSSR count). The van der Waals surface area contributed by atoms with E-state index < -0.39 is 0 Å². The molecule has 0 saturated heterocycles. The molecular formula is C15H18N6OS. The number of aromatic amines is 1. The Morgan fingerprint density at radius 2 is 2.22 bits per heavy atom. The van der Waals surface area contributed by atoms with Gasteiger partial charge in [-0.1, -0.05) is 18.2 Å². The average Bonchev–Trinajstić information content (AvgIpc) is 3.06. The number of aryl methyl sites for hydroxylation is 2. The monoisotopic (exact) mass is 330 g/mol. The second-order valence-corrected chi connectivity index (χ2v) is 6.20. The summed E-state index contributed by atoms with van der Waals surface area (Å²) in [6.07, 6.45) is 1.53. The molecule has 7 nitrogen and oxygen atoms in total. The van der Waals surface area contributed by atoms with E-state index in [1.54, 1.807) is 18.8 Å². The van der Waals surface area contributed by atoms with E-state index in [2.05, 4.69) is 44.8 Å². The predicted molar refractivity (Wildman–Crippen MR) is 91.8 cm³/mol. The third-order valence-corrected chi connectivity index (χ3v) is 4.52. The Labute approximate surface area is 137 Å². The van der Waals surface area contributed by atoms with Crippen molar-refractivity contribution in [3.8, 4) is 0 Å².